The van der Waals surface area contributed by atoms with Gasteiger partial charge in [-0.05, 0) is 33.3 Å². The van der Waals surface area contributed by atoms with Crippen molar-refractivity contribution < 1.29 is 33.4 Å². The third kappa shape index (κ3) is 7.72. The first-order valence-electron chi connectivity index (χ1n) is 11.0. The van der Waals surface area contributed by atoms with Crippen LogP contribution in [0, 0.1) is 0 Å². The number of rotatable bonds is 8. The van der Waals surface area contributed by atoms with Crippen molar-refractivity contribution in [2.24, 2.45) is 0 Å². The minimum absolute atomic E-state index is 0.0250. The van der Waals surface area contributed by atoms with Crippen LogP contribution < -0.4 is 0 Å². The number of imide groups is 1. The molecule has 2 rings (SSSR count). The molecule has 0 saturated heterocycles. The van der Waals surface area contributed by atoms with Crippen LogP contribution in [0.4, 0.5) is 4.79 Å². The highest BCUT2D eigenvalue weighted by atomic mass is 16.6. The normalized spacial score (nSPS) is 12.7. The summed E-state index contributed by atoms with van der Waals surface area (Å²) in [7, 11) is 0. The number of carbonyl (C=O) groups excluding carboxylic acids is 4. The van der Waals surface area contributed by atoms with Crippen molar-refractivity contribution in [3.63, 3.8) is 0 Å². The van der Waals surface area contributed by atoms with Crippen LogP contribution in [0.5, 0.6) is 0 Å². The molecule has 0 saturated carbocycles. The summed E-state index contributed by atoms with van der Waals surface area (Å²) in [5.41, 5.74) is 0.190. The molecule has 0 aliphatic carbocycles. The molecule has 0 aromatic heterocycles. The van der Waals surface area contributed by atoms with Crippen molar-refractivity contribution >= 4 is 23.9 Å². The average Bonchev–Trinajstić information content (AvgIpc) is 2.76. The molecule has 0 aliphatic rings. The van der Waals surface area contributed by atoms with E-state index in [-0.39, 0.29) is 13.0 Å². The Morgan fingerprint density at radius 2 is 1.44 bits per heavy atom. The zero-order valence-corrected chi connectivity index (χ0v) is 20.1. The highest BCUT2D eigenvalue weighted by molar-refractivity contribution is 5.96. The molecule has 0 bridgehead atoms. The first-order chi connectivity index (χ1) is 16.0. The maximum absolute atomic E-state index is 13.4. The summed E-state index contributed by atoms with van der Waals surface area (Å²) in [6.45, 7) is 7.85. The first kappa shape index (κ1) is 26.6. The molecule has 2 aromatic carbocycles. The van der Waals surface area contributed by atoms with E-state index < -0.39 is 41.7 Å². The standard InChI is InChI=1S/C26H31NO7/c1-6-32-24(30)22(20-15-11-8-12-16-20)33-23(29)21(17-19-13-9-7-10-14-19)27(18(2)28)25(31)34-26(3,4)5/h7-16,21-22H,6,17H2,1-5H3/t21-,22+/m1/s1. The number of ether oxygens (including phenoxy) is 3. The Morgan fingerprint density at radius 1 is 0.882 bits per heavy atom. The van der Waals surface area contributed by atoms with Crippen molar-refractivity contribution in [3.05, 3.63) is 71.8 Å². The highest BCUT2D eigenvalue weighted by Crippen LogP contribution is 2.23. The fourth-order valence-corrected chi connectivity index (χ4v) is 3.20. The second-order valence-electron chi connectivity index (χ2n) is 8.55. The van der Waals surface area contributed by atoms with Crippen molar-refractivity contribution in [2.45, 2.75) is 58.8 Å². The van der Waals surface area contributed by atoms with Crippen LogP contribution in [0.2, 0.25) is 0 Å². The van der Waals surface area contributed by atoms with Gasteiger partial charge in [0.2, 0.25) is 12.0 Å². The number of esters is 2. The van der Waals surface area contributed by atoms with Gasteiger partial charge in [0.15, 0.2) is 0 Å². The zero-order valence-electron chi connectivity index (χ0n) is 20.1. The summed E-state index contributed by atoms with van der Waals surface area (Å²) >= 11 is 0. The largest absolute Gasteiger partial charge is 0.463 e. The second-order valence-corrected chi connectivity index (χ2v) is 8.55. The lowest BCUT2D eigenvalue weighted by atomic mass is 10.0. The summed E-state index contributed by atoms with van der Waals surface area (Å²) in [6.07, 6.45) is -2.37. The number of hydrogen-bond donors (Lipinski definition) is 0. The van der Waals surface area contributed by atoms with E-state index in [1.807, 2.05) is 0 Å². The lowest BCUT2D eigenvalue weighted by Gasteiger charge is -2.31. The first-order valence-corrected chi connectivity index (χ1v) is 11.0. The minimum Gasteiger partial charge on any atom is -0.463 e. The molecule has 182 valence electrons. The van der Waals surface area contributed by atoms with Gasteiger partial charge in [0.25, 0.3) is 0 Å². The van der Waals surface area contributed by atoms with E-state index in [9.17, 15) is 19.2 Å². The topological polar surface area (TPSA) is 99.2 Å². The fourth-order valence-electron chi connectivity index (χ4n) is 3.20. The van der Waals surface area contributed by atoms with E-state index in [1.54, 1.807) is 88.4 Å². The maximum atomic E-state index is 13.4. The van der Waals surface area contributed by atoms with Crippen molar-refractivity contribution in [2.75, 3.05) is 6.61 Å². The Kier molecular flexibility index (Phi) is 9.36. The number of hydrogen-bond acceptors (Lipinski definition) is 7. The third-order valence-corrected chi connectivity index (χ3v) is 4.62. The Hall–Kier alpha value is -3.68. The molecule has 0 radical (unpaired) electrons. The molecule has 2 amide bonds. The molecule has 0 aliphatic heterocycles. The predicted octanol–water partition coefficient (Wildman–Crippen LogP) is 4.23. The number of nitrogens with zero attached hydrogens (tertiary/aromatic N) is 1. The molecule has 8 nitrogen and oxygen atoms in total. The monoisotopic (exact) mass is 469 g/mol. The van der Waals surface area contributed by atoms with Gasteiger partial charge < -0.3 is 14.2 Å². The van der Waals surface area contributed by atoms with Crippen LogP contribution >= 0.6 is 0 Å². The van der Waals surface area contributed by atoms with Crippen LogP contribution in [-0.4, -0.2) is 47.1 Å². The quantitative estimate of drug-likeness (QED) is 0.421. The highest BCUT2D eigenvalue weighted by Gasteiger charge is 2.39. The van der Waals surface area contributed by atoms with E-state index in [2.05, 4.69) is 0 Å². The maximum Gasteiger partial charge on any atom is 0.417 e. The van der Waals surface area contributed by atoms with Crippen LogP contribution in [0.15, 0.2) is 60.7 Å². The lowest BCUT2D eigenvalue weighted by Crippen LogP contribution is -2.51. The molecular weight excluding hydrogens is 438 g/mol. The SMILES string of the molecule is CCOC(=O)[C@@H](OC(=O)[C@@H](Cc1ccccc1)N(C(C)=O)C(=O)OC(C)(C)C)c1ccccc1. The summed E-state index contributed by atoms with van der Waals surface area (Å²) in [5, 5.41) is 0. The second kappa shape index (κ2) is 12.0. The Morgan fingerprint density at radius 3 is 1.94 bits per heavy atom. The van der Waals surface area contributed by atoms with Gasteiger partial charge in [0.05, 0.1) is 6.61 Å². The van der Waals surface area contributed by atoms with Gasteiger partial charge in [-0.2, -0.15) is 0 Å². The van der Waals surface area contributed by atoms with Gasteiger partial charge in [-0.15, -0.1) is 0 Å². The van der Waals surface area contributed by atoms with Crippen molar-refractivity contribution in [3.8, 4) is 0 Å². The van der Waals surface area contributed by atoms with Crippen LogP contribution in [0.25, 0.3) is 0 Å². The van der Waals surface area contributed by atoms with E-state index in [0.29, 0.717) is 11.1 Å². The van der Waals surface area contributed by atoms with Gasteiger partial charge in [-0.3, -0.25) is 4.79 Å². The summed E-state index contributed by atoms with van der Waals surface area (Å²) in [5.74, 6) is -2.39. The number of amides is 2. The third-order valence-electron chi connectivity index (χ3n) is 4.62. The van der Waals surface area contributed by atoms with Crippen LogP contribution in [0.1, 0.15) is 51.8 Å². The van der Waals surface area contributed by atoms with E-state index in [0.717, 1.165) is 11.8 Å². The molecule has 0 fully saturated rings. The van der Waals surface area contributed by atoms with E-state index in [1.165, 1.54) is 0 Å². The van der Waals surface area contributed by atoms with Crippen LogP contribution in [0.3, 0.4) is 0 Å². The minimum atomic E-state index is -1.37. The molecule has 2 aromatic rings. The average molecular weight is 470 g/mol. The molecule has 0 heterocycles. The van der Waals surface area contributed by atoms with Crippen molar-refractivity contribution in [1.29, 1.82) is 0 Å². The molecule has 8 heteroatoms. The smallest absolute Gasteiger partial charge is 0.417 e. The summed E-state index contributed by atoms with van der Waals surface area (Å²) < 4.78 is 16.0. The lowest BCUT2D eigenvalue weighted by molar-refractivity contribution is -0.172. The molecule has 0 unspecified atom stereocenters. The molecule has 0 N–H and O–H groups in total. The van der Waals surface area contributed by atoms with Gasteiger partial charge in [-0.25, -0.2) is 19.3 Å². The Labute approximate surface area is 199 Å². The molecule has 0 spiro atoms. The van der Waals surface area contributed by atoms with E-state index >= 15 is 0 Å². The fraction of sp³-hybridized carbons (Fsp3) is 0.385. The van der Waals surface area contributed by atoms with Gasteiger partial charge in [0, 0.05) is 18.9 Å². The Bertz CT molecular complexity index is 983. The predicted molar refractivity (Wildman–Crippen MR) is 125 cm³/mol. The van der Waals surface area contributed by atoms with Gasteiger partial charge in [0.1, 0.15) is 11.6 Å². The van der Waals surface area contributed by atoms with E-state index in [4.69, 9.17) is 14.2 Å². The van der Waals surface area contributed by atoms with Gasteiger partial charge >= 0.3 is 18.0 Å². The number of carbonyl (C=O) groups is 4. The Balaban J connectivity index is 2.44. The van der Waals surface area contributed by atoms with Crippen molar-refractivity contribution in [1.82, 2.24) is 4.90 Å². The summed E-state index contributed by atoms with van der Waals surface area (Å²) in [6, 6.07) is 15.9. The van der Waals surface area contributed by atoms with Gasteiger partial charge in [-0.1, -0.05) is 60.7 Å². The molecule has 2 atom stereocenters. The molecule has 34 heavy (non-hydrogen) atoms. The van der Waals surface area contributed by atoms with Crippen LogP contribution in [-0.2, 0) is 35.0 Å². The molecular formula is C26H31NO7. The zero-order chi connectivity index (χ0) is 25.3. The number of benzene rings is 2. The summed E-state index contributed by atoms with van der Waals surface area (Å²) in [4.78, 5) is 52.2.